The van der Waals surface area contributed by atoms with Gasteiger partial charge in [-0.1, -0.05) is 6.07 Å². The van der Waals surface area contributed by atoms with Crippen molar-refractivity contribution in [3.05, 3.63) is 53.6 Å². The molecule has 2 aromatic rings. The highest BCUT2D eigenvalue weighted by atomic mass is 16.2. The molecule has 2 aliphatic heterocycles. The summed E-state index contributed by atoms with van der Waals surface area (Å²) < 4.78 is 1.75. The molecule has 0 aromatic carbocycles. The van der Waals surface area contributed by atoms with Crippen LogP contribution >= 0.6 is 0 Å². The summed E-state index contributed by atoms with van der Waals surface area (Å²) in [4.78, 5) is 34.1. The lowest BCUT2D eigenvalue weighted by atomic mass is 9.79. The average Bonchev–Trinajstić information content (AvgIpc) is 3.38. The van der Waals surface area contributed by atoms with Crippen LogP contribution in [0.1, 0.15) is 30.4 Å². The third-order valence-corrected chi connectivity index (χ3v) is 6.16. The van der Waals surface area contributed by atoms with E-state index in [1.165, 1.54) is 0 Å². The molecule has 2 amide bonds. The minimum absolute atomic E-state index is 0.00368. The van der Waals surface area contributed by atoms with E-state index in [4.69, 9.17) is 0 Å². The van der Waals surface area contributed by atoms with E-state index in [0.717, 1.165) is 23.1 Å². The monoisotopic (exact) mass is 390 g/mol. The van der Waals surface area contributed by atoms with E-state index in [9.17, 15) is 9.59 Å². The van der Waals surface area contributed by atoms with Crippen LogP contribution in [0.25, 0.3) is 0 Å². The van der Waals surface area contributed by atoms with Gasteiger partial charge in [0, 0.05) is 44.2 Å². The van der Waals surface area contributed by atoms with Crippen molar-refractivity contribution in [3.8, 4) is 0 Å². The molecule has 5 rings (SSSR count). The normalized spacial score (nSPS) is 24.6. The molecule has 2 atom stereocenters. The van der Waals surface area contributed by atoms with Gasteiger partial charge in [0.25, 0.3) is 5.91 Å². The van der Waals surface area contributed by atoms with Crippen LogP contribution < -0.4 is 10.6 Å². The second-order valence-corrected chi connectivity index (χ2v) is 8.03. The zero-order chi connectivity index (χ0) is 20.0. The molecule has 1 saturated carbocycles. The zero-order valence-electron chi connectivity index (χ0n) is 16.2. The summed E-state index contributed by atoms with van der Waals surface area (Å²) in [5.74, 6) is 0.682. The molecule has 1 aliphatic carbocycles. The number of rotatable bonds is 4. The molecule has 3 aliphatic rings. The van der Waals surface area contributed by atoms with Crippen LogP contribution in [0.5, 0.6) is 0 Å². The Kier molecular flexibility index (Phi) is 4.08. The predicted octanol–water partition coefficient (Wildman–Crippen LogP) is 1.50. The Morgan fingerprint density at radius 1 is 1.45 bits per heavy atom. The Labute approximate surface area is 168 Å². The van der Waals surface area contributed by atoms with Crippen LogP contribution in [0.4, 0.5) is 5.82 Å². The molecule has 0 saturated heterocycles. The summed E-state index contributed by atoms with van der Waals surface area (Å²) in [5.41, 5.74) is 3.14. The van der Waals surface area contributed by atoms with Crippen LogP contribution in [0.3, 0.4) is 0 Å². The molecule has 8 heteroatoms. The predicted molar refractivity (Wildman–Crippen MR) is 107 cm³/mol. The van der Waals surface area contributed by atoms with E-state index in [1.807, 2.05) is 25.4 Å². The third-order valence-electron chi connectivity index (χ3n) is 6.16. The molecule has 1 fully saturated rings. The summed E-state index contributed by atoms with van der Waals surface area (Å²) in [7, 11) is 1.87. The van der Waals surface area contributed by atoms with Gasteiger partial charge >= 0.3 is 0 Å². The van der Waals surface area contributed by atoms with Gasteiger partial charge in [0.15, 0.2) is 0 Å². The lowest BCUT2D eigenvalue weighted by molar-refractivity contribution is -0.120. The third kappa shape index (κ3) is 2.95. The van der Waals surface area contributed by atoms with Crippen molar-refractivity contribution in [2.75, 3.05) is 11.9 Å². The van der Waals surface area contributed by atoms with E-state index >= 15 is 0 Å². The number of carbonyl (C=O) groups is 2. The minimum Gasteiger partial charge on any atom is -0.351 e. The molecule has 0 bridgehead atoms. The zero-order valence-corrected chi connectivity index (χ0v) is 16.2. The van der Waals surface area contributed by atoms with Gasteiger partial charge in [-0.25, -0.2) is 4.98 Å². The van der Waals surface area contributed by atoms with Crippen molar-refractivity contribution in [2.24, 2.45) is 18.0 Å². The lowest BCUT2D eigenvalue weighted by Gasteiger charge is -2.21. The number of aliphatic imine (C=N–C) groups is 1. The Morgan fingerprint density at radius 3 is 3.17 bits per heavy atom. The number of hydrogen-bond donors (Lipinski definition) is 2. The fraction of sp³-hybridized carbons (Fsp3) is 0.381. The van der Waals surface area contributed by atoms with E-state index in [-0.39, 0.29) is 17.7 Å². The number of carbonyl (C=O) groups excluding carboxylic acids is 2. The molecule has 0 radical (unpaired) electrons. The van der Waals surface area contributed by atoms with Gasteiger partial charge in [0.2, 0.25) is 5.91 Å². The van der Waals surface area contributed by atoms with Crippen molar-refractivity contribution < 1.29 is 9.59 Å². The van der Waals surface area contributed by atoms with Gasteiger partial charge in [0.1, 0.15) is 11.5 Å². The second kappa shape index (κ2) is 6.65. The smallest absolute Gasteiger partial charge is 0.265 e. The first-order chi connectivity index (χ1) is 14.0. The Morgan fingerprint density at radius 2 is 2.34 bits per heavy atom. The summed E-state index contributed by atoms with van der Waals surface area (Å²) >= 11 is 0. The van der Waals surface area contributed by atoms with E-state index in [0.29, 0.717) is 37.3 Å². The summed E-state index contributed by atoms with van der Waals surface area (Å²) in [6.07, 6.45) is 9.84. The van der Waals surface area contributed by atoms with Crippen molar-refractivity contribution in [1.82, 2.24) is 20.1 Å². The number of nitrogens with one attached hydrogen (secondary N) is 2. The molecule has 2 aromatic heterocycles. The number of aryl methyl sites for hydroxylation is 1. The first-order valence-corrected chi connectivity index (χ1v) is 9.83. The van der Waals surface area contributed by atoms with Crippen LogP contribution in [0, 0.1) is 5.92 Å². The summed E-state index contributed by atoms with van der Waals surface area (Å²) in [6.45, 7) is 0.538. The second-order valence-electron chi connectivity index (χ2n) is 8.03. The van der Waals surface area contributed by atoms with Crippen molar-refractivity contribution in [2.45, 2.75) is 31.1 Å². The van der Waals surface area contributed by atoms with E-state index in [2.05, 4.69) is 25.7 Å². The molecule has 4 heterocycles. The SMILES string of the molecule is Cn1cc(CCNC(=O)C2=NC=C3CC4(CC3C2)C(=O)Nc2ncccc24)cn1. The maximum Gasteiger partial charge on any atom is 0.265 e. The number of anilines is 1. The van der Waals surface area contributed by atoms with Gasteiger partial charge in [0.05, 0.1) is 11.6 Å². The highest BCUT2D eigenvalue weighted by molar-refractivity contribution is 6.39. The molecule has 2 unspecified atom stereocenters. The average molecular weight is 390 g/mol. The topological polar surface area (TPSA) is 101 Å². The van der Waals surface area contributed by atoms with E-state index < -0.39 is 5.41 Å². The first kappa shape index (κ1) is 17.8. The Balaban J connectivity index is 1.25. The van der Waals surface area contributed by atoms with Crippen molar-refractivity contribution in [1.29, 1.82) is 0 Å². The highest BCUT2D eigenvalue weighted by Gasteiger charge is 2.54. The largest absolute Gasteiger partial charge is 0.351 e. The molecule has 2 N–H and O–H groups in total. The number of pyridine rings is 1. The van der Waals surface area contributed by atoms with Crippen LogP contribution in [0.15, 0.2) is 47.5 Å². The Bertz CT molecular complexity index is 1070. The van der Waals surface area contributed by atoms with Crippen LogP contribution in [-0.2, 0) is 28.5 Å². The van der Waals surface area contributed by atoms with Gasteiger partial charge in [-0.15, -0.1) is 0 Å². The highest BCUT2D eigenvalue weighted by Crippen LogP contribution is 2.54. The van der Waals surface area contributed by atoms with E-state index in [1.54, 1.807) is 23.3 Å². The molecule has 1 spiro atoms. The standard InChI is InChI=1S/C21H22N6O2/c1-27-12-13(10-25-27)4-6-23-19(28)17-7-14-8-21(9-15(14)11-24-17)16-3-2-5-22-18(16)26-20(21)29/h2-3,5,10-12,14H,4,6-9H2,1H3,(H,23,28)(H,22,26,29). The van der Waals surface area contributed by atoms with Gasteiger partial charge in [-0.05, 0) is 42.4 Å². The number of amides is 2. The fourth-order valence-corrected chi connectivity index (χ4v) is 4.71. The quantitative estimate of drug-likeness (QED) is 0.826. The number of hydrogen-bond acceptors (Lipinski definition) is 5. The molecule has 29 heavy (non-hydrogen) atoms. The fourth-order valence-electron chi connectivity index (χ4n) is 4.71. The maximum atomic E-state index is 12.8. The lowest BCUT2D eigenvalue weighted by Crippen LogP contribution is -2.35. The van der Waals surface area contributed by atoms with Crippen LogP contribution in [-0.4, -0.2) is 38.8 Å². The molecule has 8 nitrogen and oxygen atoms in total. The summed E-state index contributed by atoms with van der Waals surface area (Å²) in [5, 5.41) is 10.0. The molecular weight excluding hydrogens is 368 g/mol. The first-order valence-electron chi connectivity index (χ1n) is 9.83. The van der Waals surface area contributed by atoms with Crippen molar-refractivity contribution >= 4 is 23.3 Å². The number of fused-ring (bicyclic) bond motifs is 3. The van der Waals surface area contributed by atoms with Gasteiger partial charge in [-0.3, -0.25) is 19.3 Å². The van der Waals surface area contributed by atoms with Crippen molar-refractivity contribution in [3.63, 3.8) is 0 Å². The van der Waals surface area contributed by atoms with Gasteiger partial charge in [-0.2, -0.15) is 5.10 Å². The van der Waals surface area contributed by atoms with Gasteiger partial charge < -0.3 is 10.6 Å². The number of nitrogens with zero attached hydrogens (tertiary/aromatic N) is 4. The molecular formula is C21H22N6O2. The maximum absolute atomic E-state index is 12.8. The molecule has 148 valence electrons. The minimum atomic E-state index is -0.581. The Hall–Kier alpha value is -3.29. The summed E-state index contributed by atoms with van der Waals surface area (Å²) in [6, 6.07) is 3.85. The van der Waals surface area contributed by atoms with Crippen LogP contribution in [0.2, 0.25) is 0 Å². The number of allylic oxidation sites excluding steroid dienone is 1. The number of aromatic nitrogens is 3.